The molecule has 1 aliphatic heterocycles. The number of carbonyl (C=O) groups is 1. The molecule has 3 fully saturated rings. The molecule has 2 aliphatic carbocycles. The molecule has 5 heterocycles. The van der Waals surface area contributed by atoms with Crippen LogP contribution in [0.1, 0.15) is 53.5 Å². The molecule has 1 amide bonds. The molecular weight excluding hydrogens is 546 g/mol. The molecule has 3 aliphatic rings. The Bertz CT molecular complexity index is 1660. The van der Waals surface area contributed by atoms with Crippen molar-refractivity contribution in [2.75, 3.05) is 23.3 Å². The van der Waals surface area contributed by atoms with Crippen LogP contribution in [0.5, 0.6) is 0 Å². The lowest BCUT2D eigenvalue weighted by Crippen LogP contribution is -2.70. The van der Waals surface area contributed by atoms with E-state index in [0.29, 0.717) is 41.1 Å². The van der Waals surface area contributed by atoms with Crippen molar-refractivity contribution in [1.82, 2.24) is 24.7 Å². The lowest BCUT2D eigenvalue weighted by Gasteiger charge is -2.62. The van der Waals surface area contributed by atoms with Crippen LogP contribution in [-0.4, -0.2) is 66.8 Å². The lowest BCUT2D eigenvalue weighted by molar-refractivity contribution is -0.209. The molecule has 4 aromatic heterocycles. The summed E-state index contributed by atoms with van der Waals surface area (Å²) in [6, 6.07) is 5.30. The SMILES string of the molecule is Cc1ncc(-c2noc(C3CC(F)(F)C3)n2)cc1NC(=O)c1cnn2ccc(N3CC4(C3)CC(O)(C(F)F)C4)cc12. The van der Waals surface area contributed by atoms with Crippen molar-refractivity contribution in [3.05, 3.63) is 53.9 Å². The molecule has 1 spiro atoms. The largest absolute Gasteiger partial charge is 0.384 e. The summed E-state index contributed by atoms with van der Waals surface area (Å²) >= 11 is 0. The van der Waals surface area contributed by atoms with Crippen molar-refractivity contribution in [3.8, 4) is 11.4 Å². The third-order valence-corrected chi connectivity index (χ3v) is 8.41. The highest BCUT2D eigenvalue weighted by atomic mass is 19.3. The molecule has 0 unspecified atom stereocenters. The molecule has 14 heteroatoms. The van der Waals surface area contributed by atoms with Gasteiger partial charge in [0.25, 0.3) is 12.3 Å². The van der Waals surface area contributed by atoms with E-state index in [1.165, 1.54) is 12.4 Å². The van der Waals surface area contributed by atoms with E-state index in [0.717, 1.165) is 5.69 Å². The third-order valence-electron chi connectivity index (χ3n) is 8.41. The molecule has 4 aromatic rings. The normalized spacial score (nSPS) is 20.6. The van der Waals surface area contributed by atoms with Gasteiger partial charge in [-0.1, -0.05) is 5.16 Å². The third kappa shape index (κ3) is 4.31. The predicted molar refractivity (Wildman–Crippen MR) is 137 cm³/mol. The Morgan fingerprint density at radius 1 is 1.20 bits per heavy atom. The van der Waals surface area contributed by atoms with Gasteiger partial charge < -0.3 is 19.8 Å². The molecule has 1 saturated heterocycles. The van der Waals surface area contributed by atoms with Crippen molar-refractivity contribution < 1.29 is 32.0 Å². The van der Waals surface area contributed by atoms with Gasteiger partial charge in [-0.2, -0.15) is 10.1 Å². The molecular formula is C27H25F4N7O3. The van der Waals surface area contributed by atoms with E-state index >= 15 is 0 Å². The zero-order valence-electron chi connectivity index (χ0n) is 21.8. The molecule has 41 heavy (non-hydrogen) atoms. The summed E-state index contributed by atoms with van der Waals surface area (Å²) in [7, 11) is 0. The van der Waals surface area contributed by atoms with Gasteiger partial charge >= 0.3 is 0 Å². The molecule has 2 N–H and O–H groups in total. The second-order valence-corrected chi connectivity index (χ2v) is 11.6. The van der Waals surface area contributed by atoms with Gasteiger partial charge in [0.2, 0.25) is 17.6 Å². The molecule has 10 nitrogen and oxygen atoms in total. The Morgan fingerprint density at radius 3 is 2.66 bits per heavy atom. The first kappa shape index (κ1) is 25.9. The zero-order valence-corrected chi connectivity index (χ0v) is 21.8. The number of aliphatic hydroxyl groups is 1. The van der Waals surface area contributed by atoms with Crippen molar-refractivity contribution in [2.45, 2.75) is 56.5 Å². The summed E-state index contributed by atoms with van der Waals surface area (Å²) in [5.74, 6) is -3.29. The Morgan fingerprint density at radius 2 is 1.95 bits per heavy atom. The van der Waals surface area contributed by atoms with Crippen molar-refractivity contribution in [1.29, 1.82) is 0 Å². The van der Waals surface area contributed by atoms with Gasteiger partial charge in [-0.3, -0.25) is 9.78 Å². The van der Waals surface area contributed by atoms with Gasteiger partial charge in [-0.05, 0) is 38.0 Å². The summed E-state index contributed by atoms with van der Waals surface area (Å²) in [5, 5.41) is 21.0. The smallest absolute Gasteiger partial charge is 0.266 e. The number of aryl methyl sites for hydroxylation is 1. The fraction of sp³-hybridized carbons (Fsp3) is 0.444. The number of nitrogens with one attached hydrogen (secondary N) is 1. The zero-order chi connectivity index (χ0) is 28.7. The Hall–Kier alpha value is -4.07. The number of carbonyl (C=O) groups excluding carboxylic acids is 1. The number of hydrogen-bond acceptors (Lipinski definition) is 8. The number of fused-ring (bicyclic) bond motifs is 1. The molecule has 0 aromatic carbocycles. The summed E-state index contributed by atoms with van der Waals surface area (Å²) < 4.78 is 59.4. The average molecular weight is 572 g/mol. The van der Waals surface area contributed by atoms with E-state index < -0.39 is 29.8 Å². The first-order chi connectivity index (χ1) is 19.4. The molecule has 0 atom stereocenters. The number of aromatic nitrogens is 5. The number of hydrogen-bond donors (Lipinski definition) is 2. The van der Waals surface area contributed by atoms with E-state index in [1.54, 1.807) is 23.7 Å². The number of anilines is 2. The topological polar surface area (TPSA) is 122 Å². The van der Waals surface area contributed by atoms with E-state index in [4.69, 9.17) is 4.52 Å². The van der Waals surface area contributed by atoms with Gasteiger partial charge in [-0.15, -0.1) is 0 Å². The second-order valence-electron chi connectivity index (χ2n) is 11.6. The van der Waals surface area contributed by atoms with Gasteiger partial charge in [0, 0.05) is 60.9 Å². The van der Waals surface area contributed by atoms with Crippen LogP contribution in [0.4, 0.5) is 28.9 Å². The van der Waals surface area contributed by atoms with Crippen LogP contribution in [-0.2, 0) is 0 Å². The van der Waals surface area contributed by atoms with Crippen LogP contribution >= 0.6 is 0 Å². The van der Waals surface area contributed by atoms with Crippen molar-refractivity contribution in [2.24, 2.45) is 5.41 Å². The first-order valence-electron chi connectivity index (χ1n) is 13.2. The summed E-state index contributed by atoms with van der Waals surface area (Å²) in [6.07, 6.45) is 1.43. The van der Waals surface area contributed by atoms with Crippen LogP contribution in [0.2, 0.25) is 0 Å². The number of halogens is 4. The lowest BCUT2D eigenvalue weighted by atomic mass is 9.55. The quantitative estimate of drug-likeness (QED) is 0.326. The highest BCUT2D eigenvalue weighted by molar-refractivity contribution is 6.09. The number of amides is 1. The minimum atomic E-state index is -2.75. The highest BCUT2D eigenvalue weighted by Gasteiger charge is 2.63. The van der Waals surface area contributed by atoms with Crippen LogP contribution in [0.25, 0.3) is 16.9 Å². The molecule has 0 bridgehead atoms. The standard InChI is InChI=1S/C27H25F4N7O3/c1-14-19(4-15(8-32-14)21-35-23(41-36-21)16-6-27(30,31)7-16)34-22(39)18-9-33-38-3-2-17(5-20(18)38)37-12-25(13-37)10-26(40,11-25)24(28)29/h2-5,8-9,16,24,40H,6-7,10-13H2,1H3,(H,34,39). The van der Waals surface area contributed by atoms with Gasteiger partial charge in [0.1, 0.15) is 5.60 Å². The summed E-state index contributed by atoms with van der Waals surface area (Å²) in [5.41, 5.74) is 0.892. The predicted octanol–water partition coefficient (Wildman–Crippen LogP) is 4.45. The fourth-order valence-corrected chi connectivity index (χ4v) is 6.24. The van der Waals surface area contributed by atoms with E-state index in [9.17, 15) is 27.5 Å². The number of alkyl halides is 4. The molecule has 7 rings (SSSR count). The van der Waals surface area contributed by atoms with E-state index in [2.05, 4.69) is 25.5 Å². The maximum Gasteiger partial charge on any atom is 0.266 e. The maximum atomic E-state index is 13.3. The van der Waals surface area contributed by atoms with Gasteiger partial charge in [0.05, 0.1) is 28.7 Å². The van der Waals surface area contributed by atoms with Crippen molar-refractivity contribution >= 4 is 22.8 Å². The van der Waals surface area contributed by atoms with Crippen LogP contribution in [0, 0.1) is 12.3 Å². The number of pyridine rings is 2. The minimum absolute atomic E-state index is 0.0743. The van der Waals surface area contributed by atoms with Crippen LogP contribution in [0.15, 0.2) is 41.3 Å². The minimum Gasteiger partial charge on any atom is -0.384 e. The van der Waals surface area contributed by atoms with Gasteiger partial charge in [-0.25, -0.2) is 22.1 Å². The van der Waals surface area contributed by atoms with E-state index in [1.807, 2.05) is 17.0 Å². The first-order valence-corrected chi connectivity index (χ1v) is 13.2. The average Bonchev–Trinajstić information content (AvgIpc) is 3.52. The summed E-state index contributed by atoms with van der Waals surface area (Å²) in [6.45, 7) is 2.82. The second kappa shape index (κ2) is 8.71. The van der Waals surface area contributed by atoms with Crippen LogP contribution < -0.4 is 10.2 Å². The highest BCUT2D eigenvalue weighted by Crippen LogP contribution is 2.57. The number of nitrogens with zero attached hydrogens (tertiary/aromatic N) is 6. The Balaban J connectivity index is 1.07. The monoisotopic (exact) mass is 571 g/mol. The van der Waals surface area contributed by atoms with E-state index in [-0.39, 0.29) is 42.8 Å². The summed E-state index contributed by atoms with van der Waals surface area (Å²) in [4.78, 5) is 23.9. The van der Waals surface area contributed by atoms with Crippen molar-refractivity contribution in [3.63, 3.8) is 0 Å². The van der Waals surface area contributed by atoms with Crippen LogP contribution in [0.3, 0.4) is 0 Å². The van der Waals surface area contributed by atoms with Gasteiger partial charge in [0.15, 0.2) is 0 Å². The Kier molecular flexibility index (Phi) is 5.50. The Labute approximate surface area is 230 Å². The fourth-order valence-electron chi connectivity index (χ4n) is 6.24. The number of rotatable bonds is 6. The molecule has 0 radical (unpaired) electrons. The molecule has 214 valence electrons. The molecule has 2 saturated carbocycles. The maximum absolute atomic E-state index is 13.3.